The number of carbonyl (C=O) groups is 1. The van der Waals surface area contributed by atoms with Gasteiger partial charge in [0.25, 0.3) is 0 Å². The molecule has 0 aromatic heterocycles. The Labute approximate surface area is 431 Å². The number of benzene rings is 4. The molecular formula is C55H68ClF3N6O4S2. The van der Waals surface area contributed by atoms with Gasteiger partial charge >= 0.3 is 5.51 Å². The highest BCUT2D eigenvalue weighted by Crippen LogP contribution is 2.49. The fourth-order valence-electron chi connectivity index (χ4n) is 11.1. The molecule has 5 aliphatic rings. The summed E-state index contributed by atoms with van der Waals surface area (Å²) in [6.07, 6.45) is 9.44. The van der Waals surface area contributed by atoms with Crippen LogP contribution in [-0.2, 0) is 9.07 Å². The quantitative estimate of drug-likeness (QED) is 0.0309. The van der Waals surface area contributed by atoms with Crippen LogP contribution in [0.15, 0.2) is 108 Å². The van der Waals surface area contributed by atoms with Crippen LogP contribution in [0.1, 0.15) is 72.9 Å². The molecule has 9 rings (SSSR count). The number of allylic oxidation sites excluding steroid dienone is 1. The number of hydrogen-bond acceptors (Lipinski definition) is 12. The van der Waals surface area contributed by atoms with Crippen molar-refractivity contribution in [2.24, 2.45) is 11.3 Å². The van der Waals surface area contributed by atoms with Gasteiger partial charge in [-0.05, 0) is 167 Å². The maximum atomic E-state index is 14.0. The van der Waals surface area contributed by atoms with E-state index >= 15 is 0 Å². The van der Waals surface area contributed by atoms with E-state index in [1.165, 1.54) is 68.9 Å². The van der Waals surface area contributed by atoms with Crippen LogP contribution in [-0.4, -0.2) is 136 Å². The second-order valence-electron chi connectivity index (χ2n) is 20.0. The number of halogens is 4. The molecule has 71 heavy (non-hydrogen) atoms. The van der Waals surface area contributed by atoms with Crippen LogP contribution in [0.5, 0.6) is 5.75 Å². The Bertz CT molecular complexity index is 2350. The van der Waals surface area contributed by atoms with Crippen molar-refractivity contribution in [3.8, 4) is 5.75 Å². The molecule has 4 saturated heterocycles. The lowest BCUT2D eigenvalue weighted by Gasteiger charge is -2.47. The summed E-state index contributed by atoms with van der Waals surface area (Å²) in [5.41, 5.74) is 2.33. The van der Waals surface area contributed by atoms with E-state index in [1.54, 1.807) is 29.5 Å². The molecule has 0 radical (unpaired) electrons. The third-order valence-electron chi connectivity index (χ3n) is 15.2. The minimum Gasteiger partial charge on any atom is -0.379 e. The van der Waals surface area contributed by atoms with Crippen LogP contribution in [0.2, 0.25) is 5.02 Å². The number of piperidine rings is 2. The molecular weight excluding hydrogens is 965 g/mol. The number of piperazine rings is 1. The number of ether oxygens (including phenoxy) is 1. The lowest BCUT2D eigenvalue weighted by Crippen LogP contribution is -2.48. The Balaban J connectivity index is 0.833. The van der Waals surface area contributed by atoms with Crippen LogP contribution in [0.3, 0.4) is 0 Å². The van der Waals surface area contributed by atoms with Gasteiger partial charge < -0.3 is 30.1 Å². The van der Waals surface area contributed by atoms with Crippen molar-refractivity contribution < 1.29 is 31.9 Å². The molecule has 0 saturated carbocycles. The number of alkyl halides is 3. The molecule has 4 heterocycles. The van der Waals surface area contributed by atoms with Crippen LogP contribution < -0.4 is 20.4 Å². The number of ketones is 1. The third kappa shape index (κ3) is 14.9. The number of likely N-dealkylation sites (tertiary alicyclic amines) is 1. The average molecular weight is 1030 g/mol. The molecule has 0 bridgehead atoms. The number of anilines is 2. The third-order valence-corrected chi connectivity index (χ3v) is 17.0. The predicted octanol–water partition coefficient (Wildman–Crippen LogP) is 11.2. The maximum absolute atomic E-state index is 14.0. The van der Waals surface area contributed by atoms with E-state index in [1.807, 2.05) is 54.6 Å². The highest BCUT2D eigenvalue weighted by molar-refractivity contribution is 7.99. The lowest BCUT2D eigenvalue weighted by molar-refractivity contribution is -0.106. The SMILES string of the molecule is O=C(c1ccc(N2CCN(CC3=C(c4ccc(Cl)cc4)CCC4(CCN(CC5CCNCC5)CC4)C3)CC2)cc1)c1ccc(NC(CCN2CCOCC2)CSc2ccccc2)c(OOSC(F)(F)F)c1. The van der Waals surface area contributed by atoms with Crippen molar-refractivity contribution in [1.82, 2.24) is 20.0 Å². The first-order valence-electron chi connectivity index (χ1n) is 25.5. The first kappa shape index (κ1) is 52.1. The maximum Gasteiger partial charge on any atom is 0.471 e. The molecule has 382 valence electrons. The zero-order valence-corrected chi connectivity index (χ0v) is 43.0. The lowest BCUT2D eigenvalue weighted by atomic mass is 9.65. The van der Waals surface area contributed by atoms with E-state index in [9.17, 15) is 18.0 Å². The summed E-state index contributed by atoms with van der Waals surface area (Å²) >= 11 is 7.32. The first-order valence-corrected chi connectivity index (χ1v) is 27.6. The minimum absolute atomic E-state index is 0.00371. The van der Waals surface area contributed by atoms with Crippen molar-refractivity contribution in [1.29, 1.82) is 0 Å². The Morgan fingerprint density at radius 2 is 1.55 bits per heavy atom. The van der Waals surface area contributed by atoms with E-state index in [2.05, 4.69) is 58.8 Å². The fourth-order valence-corrected chi connectivity index (χ4v) is 12.4. The number of morpholine rings is 1. The average Bonchev–Trinajstić information content (AvgIpc) is 3.39. The molecule has 1 spiro atoms. The summed E-state index contributed by atoms with van der Waals surface area (Å²) in [5, 5.41) is 7.81. The van der Waals surface area contributed by atoms with Gasteiger partial charge in [-0.15, -0.1) is 16.1 Å². The highest BCUT2D eigenvalue weighted by atomic mass is 35.5. The Kier molecular flexibility index (Phi) is 18.3. The standard InChI is InChI=1S/C55H68ClF3N6O4S2/c56-46-11-6-42(7-12-46)50-16-20-54(21-26-63(27-22-54)38-41-17-23-60-24-18-41)37-45(50)39-64-28-30-65(31-29-64)48-13-8-43(9-14-48)53(66)44-10-15-51(52(36-44)68-69-71-55(57,58)59)61-47(19-25-62-32-34-67-35-33-62)40-70-49-4-2-1-3-5-49/h1-15,36,41,47,60-61H,16-35,37-40H2. The van der Waals surface area contributed by atoms with Gasteiger partial charge in [0, 0.05) is 97.4 Å². The van der Waals surface area contributed by atoms with Gasteiger partial charge in [0.1, 0.15) is 0 Å². The van der Waals surface area contributed by atoms with Crippen LogP contribution in [0, 0.1) is 11.3 Å². The van der Waals surface area contributed by atoms with Crippen LogP contribution in [0.25, 0.3) is 5.57 Å². The van der Waals surface area contributed by atoms with Gasteiger partial charge in [0.15, 0.2) is 23.6 Å². The number of rotatable bonds is 19. The van der Waals surface area contributed by atoms with Gasteiger partial charge in [-0.1, -0.05) is 47.5 Å². The van der Waals surface area contributed by atoms with Crippen molar-refractivity contribution >= 4 is 58.1 Å². The van der Waals surface area contributed by atoms with E-state index in [0.29, 0.717) is 35.6 Å². The molecule has 1 unspecified atom stereocenters. The van der Waals surface area contributed by atoms with Gasteiger partial charge in [0.2, 0.25) is 0 Å². The van der Waals surface area contributed by atoms with Crippen molar-refractivity contribution in [2.45, 2.75) is 67.8 Å². The van der Waals surface area contributed by atoms with Crippen LogP contribution in [0.4, 0.5) is 24.5 Å². The predicted molar refractivity (Wildman–Crippen MR) is 283 cm³/mol. The highest BCUT2D eigenvalue weighted by Gasteiger charge is 2.40. The Morgan fingerprint density at radius 3 is 2.27 bits per heavy atom. The largest absolute Gasteiger partial charge is 0.471 e. The summed E-state index contributed by atoms with van der Waals surface area (Å²) in [5.74, 6) is 1.24. The summed E-state index contributed by atoms with van der Waals surface area (Å²) in [6, 6.07) is 30.9. The number of thioether (sulfide) groups is 1. The molecule has 4 aromatic carbocycles. The molecule has 4 aliphatic heterocycles. The molecule has 2 N–H and O–H groups in total. The van der Waals surface area contributed by atoms with Crippen molar-refractivity contribution in [3.05, 3.63) is 124 Å². The molecule has 4 aromatic rings. The first-order chi connectivity index (χ1) is 34.5. The van der Waals surface area contributed by atoms with Gasteiger partial charge in [-0.2, -0.15) is 13.2 Å². The van der Waals surface area contributed by atoms with E-state index in [-0.39, 0.29) is 23.1 Å². The zero-order valence-electron chi connectivity index (χ0n) is 40.6. The van der Waals surface area contributed by atoms with E-state index < -0.39 is 17.6 Å². The van der Waals surface area contributed by atoms with Gasteiger partial charge in [-0.25, -0.2) is 0 Å². The van der Waals surface area contributed by atoms with E-state index in [4.69, 9.17) is 21.2 Å². The summed E-state index contributed by atoms with van der Waals surface area (Å²) in [4.78, 5) is 30.5. The number of nitrogens with one attached hydrogen (secondary N) is 2. The smallest absolute Gasteiger partial charge is 0.379 e. The summed E-state index contributed by atoms with van der Waals surface area (Å²) < 4.78 is 49.7. The fraction of sp³-hybridized carbons (Fsp3) is 0.509. The second-order valence-corrected chi connectivity index (χ2v) is 22.3. The number of hydrogen-bond donors (Lipinski definition) is 2. The Hall–Kier alpha value is -3.77. The van der Waals surface area contributed by atoms with Crippen molar-refractivity contribution in [2.75, 3.05) is 114 Å². The van der Waals surface area contributed by atoms with E-state index in [0.717, 1.165) is 106 Å². The molecule has 1 aliphatic carbocycles. The second kappa shape index (κ2) is 25.0. The number of nitrogens with zero attached hydrogens (tertiary/aromatic N) is 4. The summed E-state index contributed by atoms with van der Waals surface area (Å²) in [7, 11) is 0. The molecule has 4 fully saturated rings. The zero-order chi connectivity index (χ0) is 49.0. The molecule has 16 heteroatoms. The molecule has 1 atom stereocenters. The number of carbonyl (C=O) groups excluding carboxylic acids is 1. The van der Waals surface area contributed by atoms with Crippen molar-refractivity contribution in [3.63, 3.8) is 0 Å². The molecule has 10 nitrogen and oxygen atoms in total. The monoisotopic (exact) mass is 1030 g/mol. The topological polar surface area (TPSA) is 81.8 Å². The van der Waals surface area contributed by atoms with Gasteiger partial charge in [0.05, 0.1) is 18.9 Å². The molecule has 0 amide bonds. The van der Waals surface area contributed by atoms with Crippen LogP contribution >= 0.6 is 35.4 Å². The minimum atomic E-state index is -4.68. The normalized spacial score (nSPS) is 20.3. The van der Waals surface area contributed by atoms with Gasteiger partial charge in [-0.3, -0.25) is 14.6 Å². The summed E-state index contributed by atoms with van der Waals surface area (Å²) in [6.45, 7) is 14.4. The Morgan fingerprint density at radius 1 is 0.831 bits per heavy atom.